The second-order valence-electron chi connectivity index (χ2n) is 2.28. The van der Waals surface area contributed by atoms with E-state index in [1.165, 1.54) is 0 Å². The van der Waals surface area contributed by atoms with E-state index < -0.39 is 6.10 Å². The van der Waals surface area contributed by atoms with Crippen molar-refractivity contribution in [2.24, 2.45) is 0 Å². The molecule has 0 aromatic rings. The predicted molar refractivity (Wildman–Crippen MR) is 37.5 cm³/mol. The summed E-state index contributed by atoms with van der Waals surface area (Å²) in [6, 6.07) is 0. The molecule has 1 atom stereocenters. The van der Waals surface area contributed by atoms with Crippen LogP contribution in [0.2, 0.25) is 0 Å². The molecule has 0 bridgehead atoms. The van der Waals surface area contributed by atoms with Crippen molar-refractivity contribution in [3.05, 3.63) is 0 Å². The second kappa shape index (κ2) is 5.23. The first-order chi connectivity index (χ1) is 4.66. The number of hydrogen-bond donors (Lipinski definition) is 1. The summed E-state index contributed by atoms with van der Waals surface area (Å²) >= 11 is 0. The molecule has 0 saturated carbocycles. The maximum atomic E-state index is 10.6. The van der Waals surface area contributed by atoms with E-state index in [-0.39, 0.29) is 12.6 Å². The first kappa shape index (κ1) is 9.43. The monoisotopic (exact) mass is 146 g/mol. The summed E-state index contributed by atoms with van der Waals surface area (Å²) in [7, 11) is 0. The van der Waals surface area contributed by atoms with Gasteiger partial charge in [-0.3, -0.25) is 4.79 Å². The van der Waals surface area contributed by atoms with Crippen LogP contribution in [-0.4, -0.2) is 23.8 Å². The predicted octanol–water partition coefficient (Wildman–Crippen LogP) is 0.710. The summed E-state index contributed by atoms with van der Waals surface area (Å²) in [4.78, 5) is 10.6. The van der Waals surface area contributed by atoms with Gasteiger partial charge in [-0.2, -0.15) is 0 Å². The highest BCUT2D eigenvalue weighted by molar-refractivity contribution is 5.69. The lowest BCUT2D eigenvalue weighted by Gasteiger charge is -2.04. The maximum Gasteiger partial charge on any atom is 0.305 e. The van der Waals surface area contributed by atoms with Gasteiger partial charge in [-0.05, 0) is 13.3 Å². The number of hydrogen-bond acceptors (Lipinski definition) is 3. The Hall–Kier alpha value is -0.570. The fourth-order valence-corrected chi connectivity index (χ4v) is 0.490. The molecule has 60 valence electrons. The Balaban J connectivity index is 3.22. The number of rotatable bonds is 4. The van der Waals surface area contributed by atoms with Gasteiger partial charge in [0.15, 0.2) is 0 Å². The van der Waals surface area contributed by atoms with E-state index in [0.29, 0.717) is 6.42 Å². The molecule has 0 aliphatic carbocycles. The standard InChI is InChI=1S/C7H14O3/c1-3-4-7(9)10-5-6(2)8/h6,8H,3-5H2,1-2H3. The molecule has 10 heavy (non-hydrogen) atoms. The summed E-state index contributed by atoms with van der Waals surface area (Å²) in [6.07, 6.45) is 0.673. The maximum absolute atomic E-state index is 10.6. The molecular weight excluding hydrogens is 132 g/mol. The number of ether oxygens (including phenoxy) is 1. The van der Waals surface area contributed by atoms with E-state index >= 15 is 0 Å². The van der Waals surface area contributed by atoms with Gasteiger partial charge in [-0.25, -0.2) is 0 Å². The van der Waals surface area contributed by atoms with Crippen LogP contribution < -0.4 is 0 Å². The van der Waals surface area contributed by atoms with E-state index in [1.807, 2.05) is 6.92 Å². The summed E-state index contributed by atoms with van der Waals surface area (Å²) in [5, 5.41) is 8.69. The quantitative estimate of drug-likeness (QED) is 0.594. The Morgan fingerprint density at radius 2 is 2.30 bits per heavy atom. The van der Waals surface area contributed by atoms with Crippen molar-refractivity contribution in [2.45, 2.75) is 32.8 Å². The van der Waals surface area contributed by atoms with Crippen LogP contribution in [0.5, 0.6) is 0 Å². The average Bonchev–Trinajstić information content (AvgIpc) is 1.85. The number of carbonyl (C=O) groups excluding carboxylic acids is 1. The number of esters is 1. The lowest BCUT2D eigenvalue weighted by Crippen LogP contribution is -2.14. The van der Waals surface area contributed by atoms with Crippen LogP contribution in [0.3, 0.4) is 0 Å². The fraction of sp³-hybridized carbons (Fsp3) is 0.857. The Labute approximate surface area is 61.0 Å². The van der Waals surface area contributed by atoms with Gasteiger partial charge >= 0.3 is 5.97 Å². The fourth-order valence-electron chi connectivity index (χ4n) is 0.490. The summed E-state index contributed by atoms with van der Waals surface area (Å²) in [5.41, 5.74) is 0. The van der Waals surface area contributed by atoms with Gasteiger partial charge in [-0.1, -0.05) is 6.92 Å². The van der Waals surface area contributed by atoms with Crippen molar-refractivity contribution in [1.29, 1.82) is 0 Å². The molecule has 0 aliphatic rings. The third-order valence-corrected chi connectivity index (χ3v) is 0.940. The van der Waals surface area contributed by atoms with E-state index in [1.54, 1.807) is 6.92 Å². The minimum Gasteiger partial charge on any atom is -0.463 e. The molecule has 0 amide bonds. The van der Waals surface area contributed by atoms with Gasteiger partial charge in [0.1, 0.15) is 6.61 Å². The van der Waals surface area contributed by atoms with Gasteiger partial charge in [0.25, 0.3) is 0 Å². The SMILES string of the molecule is CCCC(=O)OCC(C)O. The highest BCUT2D eigenvalue weighted by atomic mass is 16.5. The minimum atomic E-state index is -0.555. The molecular formula is C7H14O3. The van der Waals surface area contributed by atoms with Crippen LogP contribution in [0.1, 0.15) is 26.7 Å². The second-order valence-corrected chi connectivity index (χ2v) is 2.28. The van der Waals surface area contributed by atoms with Crippen LogP contribution in [0.15, 0.2) is 0 Å². The Morgan fingerprint density at radius 3 is 2.70 bits per heavy atom. The van der Waals surface area contributed by atoms with Crippen molar-refractivity contribution in [2.75, 3.05) is 6.61 Å². The first-order valence-electron chi connectivity index (χ1n) is 3.50. The molecule has 0 saturated heterocycles. The molecule has 3 heteroatoms. The zero-order chi connectivity index (χ0) is 7.98. The molecule has 0 radical (unpaired) electrons. The summed E-state index contributed by atoms with van der Waals surface area (Å²) in [5.74, 6) is -0.233. The highest BCUT2D eigenvalue weighted by Gasteiger charge is 2.01. The van der Waals surface area contributed by atoms with Crippen LogP contribution in [0, 0.1) is 0 Å². The van der Waals surface area contributed by atoms with Gasteiger partial charge < -0.3 is 9.84 Å². The van der Waals surface area contributed by atoms with Crippen molar-refractivity contribution in [3.8, 4) is 0 Å². The lowest BCUT2D eigenvalue weighted by molar-refractivity contribution is -0.146. The largest absolute Gasteiger partial charge is 0.463 e. The molecule has 0 aromatic heterocycles. The highest BCUT2D eigenvalue weighted by Crippen LogP contribution is 1.92. The number of aliphatic hydroxyl groups is 1. The van der Waals surface area contributed by atoms with E-state index in [4.69, 9.17) is 5.11 Å². The van der Waals surface area contributed by atoms with Gasteiger partial charge in [-0.15, -0.1) is 0 Å². The van der Waals surface area contributed by atoms with Crippen molar-refractivity contribution < 1.29 is 14.6 Å². The van der Waals surface area contributed by atoms with E-state index in [2.05, 4.69) is 4.74 Å². The van der Waals surface area contributed by atoms with E-state index in [9.17, 15) is 4.79 Å². The Kier molecular flexibility index (Phi) is 4.94. The van der Waals surface area contributed by atoms with Crippen LogP contribution in [0.25, 0.3) is 0 Å². The zero-order valence-electron chi connectivity index (χ0n) is 6.46. The van der Waals surface area contributed by atoms with E-state index in [0.717, 1.165) is 6.42 Å². The molecule has 0 fully saturated rings. The van der Waals surface area contributed by atoms with Gasteiger partial charge in [0, 0.05) is 6.42 Å². The smallest absolute Gasteiger partial charge is 0.305 e. The molecule has 0 aromatic carbocycles. The van der Waals surface area contributed by atoms with Crippen molar-refractivity contribution in [3.63, 3.8) is 0 Å². The summed E-state index contributed by atoms with van der Waals surface area (Å²) in [6.45, 7) is 3.60. The molecule has 0 rings (SSSR count). The zero-order valence-corrected chi connectivity index (χ0v) is 6.46. The number of aliphatic hydroxyl groups excluding tert-OH is 1. The van der Waals surface area contributed by atoms with Crippen molar-refractivity contribution >= 4 is 5.97 Å². The number of carbonyl (C=O) groups is 1. The van der Waals surface area contributed by atoms with Gasteiger partial charge in [0.2, 0.25) is 0 Å². The molecule has 1 unspecified atom stereocenters. The van der Waals surface area contributed by atoms with Crippen LogP contribution in [-0.2, 0) is 9.53 Å². The summed E-state index contributed by atoms with van der Waals surface area (Å²) < 4.78 is 4.65. The third kappa shape index (κ3) is 5.56. The molecule has 0 spiro atoms. The topological polar surface area (TPSA) is 46.5 Å². The molecule has 0 aliphatic heterocycles. The Morgan fingerprint density at radius 1 is 1.70 bits per heavy atom. The van der Waals surface area contributed by atoms with Gasteiger partial charge in [0.05, 0.1) is 6.10 Å². The first-order valence-corrected chi connectivity index (χ1v) is 3.50. The Bertz CT molecular complexity index is 99.0. The average molecular weight is 146 g/mol. The lowest BCUT2D eigenvalue weighted by atomic mass is 10.3. The molecule has 0 heterocycles. The van der Waals surface area contributed by atoms with Crippen LogP contribution in [0.4, 0.5) is 0 Å². The molecule has 3 nitrogen and oxygen atoms in total. The minimum absolute atomic E-state index is 0.110. The van der Waals surface area contributed by atoms with Crippen molar-refractivity contribution in [1.82, 2.24) is 0 Å². The molecule has 1 N–H and O–H groups in total. The normalized spacial score (nSPS) is 12.7. The van der Waals surface area contributed by atoms with Crippen LogP contribution >= 0.6 is 0 Å². The third-order valence-electron chi connectivity index (χ3n) is 0.940.